The van der Waals surface area contributed by atoms with Crippen LogP contribution in [0.15, 0.2) is 25.3 Å². The molecule has 0 aromatic rings. The van der Waals surface area contributed by atoms with Crippen LogP contribution in [0, 0.1) is 11.8 Å². The highest BCUT2D eigenvalue weighted by molar-refractivity contribution is 9.09. The Labute approximate surface area is 252 Å². The van der Waals surface area contributed by atoms with E-state index in [2.05, 4.69) is 41.3 Å². The van der Waals surface area contributed by atoms with E-state index in [0.717, 1.165) is 19.3 Å². The molecule has 3 aliphatic heterocycles. The van der Waals surface area contributed by atoms with E-state index in [1.807, 2.05) is 6.92 Å². The third kappa shape index (κ3) is 6.72. The highest BCUT2D eigenvalue weighted by atomic mass is 79.9. The molecule has 3 amide bonds. The summed E-state index contributed by atoms with van der Waals surface area (Å²) in [5.41, 5.74) is -1.23. The first kappa shape index (κ1) is 33.3. The van der Waals surface area contributed by atoms with Gasteiger partial charge in [-0.15, -0.1) is 13.2 Å². The van der Waals surface area contributed by atoms with E-state index in [1.54, 1.807) is 24.0 Å². The number of nitrogens with one attached hydrogen (secondary N) is 1. The number of likely N-dealkylation sites (tertiary alicyclic amines) is 1. The second-order valence-electron chi connectivity index (χ2n) is 11.3. The Bertz CT molecular complexity index is 989. The molecule has 0 aromatic heterocycles. The molecule has 3 aliphatic rings. The standard InChI is InChI=1S/C30H46BrN3O7/c1-6-10-12-15-33(14-8-3)28(38)26-30-16-21(31)25(41-30)23(24(30)27(37)34(26)20(9-4)18-35)29(39)40-19(5)17-32-22(36)13-11-7-2/h7-8,19-21,23-26,35H,2-3,6,9-18H2,1,4-5H3,(H,32,36)/t19-,20+,21?,23-,24+,25-,26-,30+/m1/s1. The second-order valence-corrected chi connectivity index (χ2v) is 12.5. The maximum absolute atomic E-state index is 14.3. The lowest BCUT2D eigenvalue weighted by molar-refractivity contribution is -0.160. The number of fused-ring (bicyclic) bond motifs is 1. The van der Waals surface area contributed by atoms with E-state index in [4.69, 9.17) is 9.47 Å². The smallest absolute Gasteiger partial charge is 0.312 e. The Morgan fingerprint density at radius 1 is 1.29 bits per heavy atom. The largest absolute Gasteiger partial charge is 0.460 e. The number of nitrogens with zero attached hydrogens (tertiary/aromatic N) is 2. The summed E-state index contributed by atoms with van der Waals surface area (Å²) in [5.74, 6) is -3.23. The summed E-state index contributed by atoms with van der Waals surface area (Å²) in [6.45, 7) is 13.7. The number of allylic oxidation sites excluding steroid dienone is 1. The van der Waals surface area contributed by atoms with E-state index >= 15 is 0 Å². The number of ether oxygens (including phenoxy) is 2. The average molecular weight is 641 g/mol. The Balaban J connectivity index is 1.90. The number of carbonyl (C=O) groups is 4. The molecule has 0 aliphatic carbocycles. The Morgan fingerprint density at radius 3 is 2.63 bits per heavy atom. The van der Waals surface area contributed by atoms with Gasteiger partial charge in [0.1, 0.15) is 17.7 Å². The molecule has 0 aromatic carbocycles. The molecule has 3 rings (SSSR count). The summed E-state index contributed by atoms with van der Waals surface area (Å²) in [6.07, 6.45) is 6.46. The first-order valence-corrected chi connectivity index (χ1v) is 15.8. The second kappa shape index (κ2) is 14.8. The quantitative estimate of drug-likeness (QED) is 0.108. The fourth-order valence-electron chi connectivity index (χ4n) is 6.49. The van der Waals surface area contributed by atoms with Gasteiger partial charge in [-0.25, -0.2) is 0 Å². The Kier molecular flexibility index (Phi) is 12.0. The minimum atomic E-state index is -1.23. The van der Waals surface area contributed by atoms with Crippen molar-refractivity contribution in [1.82, 2.24) is 15.1 Å². The Hall–Kier alpha value is -2.24. The molecule has 2 N–H and O–H groups in total. The van der Waals surface area contributed by atoms with Crippen molar-refractivity contribution in [2.75, 3.05) is 26.2 Å². The van der Waals surface area contributed by atoms with Crippen molar-refractivity contribution in [2.45, 2.75) is 100 Å². The number of alkyl halides is 1. The van der Waals surface area contributed by atoms with E-state index in [9.17, 15) is 24.3 Å². The first-order chi connectivity index (χ1) is 19.6. The van der Waals surface area contributed by atoms with Crippen molar-refractivity contribution in [3.8, 4) is 0 Å². The molecule has 3 heterocycles. The van der Waals surface area contributed by atoms with Crippen LogP contribution in [0.3, 0.4) is 0 Å². The van der Waals surface area contributed by atoms with Crippen molar-refractivity contribution < 1.29 is 33.8 Å². The fourth-order valence-corrected chi connectivity index (χ4v) is 7.44. The number of esters is 1. The Morgan fingerprint density at radius 2 is 2.02 bits per heavy atom. The van der Waals surface area contributed by atoms with Crippen LogP contribution in [0.4, 0.5) is 0 Å². The maximum Gasteiger partial charge on any atom is 0.312 e. The van der Waals surface area contributed by atoms with Gasteiger partial charge < -0.3 is 29.7 Å². The third-order valence-corrected chi connectivity index (χ3v) is 9.33. The molecule has 0 radical (unpaired) electrons. The van der Waals surface area contributed by atoms with E-state index in [1.165, 1.54) is 4.90 Å². The van der Waals surface area contributed by atoms with Crippen LogP contribution < -0.4 is 5.32 Å². The summed E-state index contributed by atoms with van der Waals surface area (Å²) >= 11 is 3.66. The van der Waals surface area contributed by atoms with Crippen molar-refractivity contribution in [1.29, 1.82) is 0 Å². The van der Waals surface area contributed by atoms with Gasteiger partial charge in [0.15, 0.2) is 0 Å². The topological polar surface area (TPSA) is 125 Å². The lowest BCUT2D eigenvalue weighted by Crippen LogP contribution is -2.59. The van der Waals surface area contributed by atoms with Gasteiger partial charge in [0.2, 0.25) is 17.7 Å². The number of carbonyl (C=O) groups excluding carboxylic acids is 4. The van der Waals surface area contributed by atoms with Gasteiger partial charge in [0, 0.05) is 24.3 Å². The zero-order chi connectivity index (χ0) is 30.3. The van der Waals surface area contributed by atoms with Crippen molar-refractivity contribution >= 4 is 39.6 Å². The highest BCUT2D eigenvalue weighted by Crippen LogP contribution is 2.60. The summed E-state index contributed by atoms with van der Waals surface area (Å²) in [4.78, 5) is 57.0. The summed E-state index contributed by atoms with van der Waals surface area (Å²) in [6, 6.07) is -1.58. The summed E-state index contributed by atoms with van der Waals surface area (Å²) in [7, 11) is 0. The molecule has 1 unspecified atom stereocenters. The number of hydrogen-bond donors (Lipinski definition) is 2. The SMILES string of the molecule is C=CCCC(=O)NC[C@@H](C)OC(=O)[C@H]1[C@@H]2O[C@@]3(CC2Br)[C@@H]1C(=O)N([C@@H](CC)CO)[C@@H]3C(=O)N(CC=C)CCCCC. The van der Waals surface area contributed by atoms with Gasteiger partial charge in [0.05, 0.1) is 37.1 Å². The highest BCUT2D eigenvalue weighted by Gasteiger charge is 2.77. The van der Waals surface area contributed by atoms with Gasteiger partial charge in [-0.05, 0) is 32.6 Å². The van der Waals surface area contributed by atoms with Crippen LogP contribution in [-0.4, -0.2) is 99.6 Å². The van der Waals surface area contributed by atoms with Gasteiger partial charge in [-0.1, -0.05) is 54.8 Å². The normalized spacial score (nSPS) is 29.5. The molecule has 0 saturated carbocycles. The van der Waals surface area contributed by atoms with Crippen LogP contribution in [-0.2, 0) is 28.7 Å². The number of aliphatic hydroxyl groups is 1. The first-order valence-electron chi connectivity index (χ1n) is 14.8. The van der Waals surface area contributed by atoms with E-state index in [0.29, 0.717) is 38.8 Å². The van der Waals surface area contributed by atoms with E-state index in [-0.39, 0.29) is 35.7 Å². The number of aliphatic hydroxyl groups excluding tert-OH is 1. The lowest BCUT2D eigenvalue weighted by atomic mass is 9.70. The molecule has 41 heavy (non-hydrogen) atoms. The maximum atomic E-state index is 14.3. The van der Waals surface area contributed by atoms with E-state index < -0.39 is 47.7 Å². The molecule has 230 valence electrons. The molecule has 3 saturated heterocycles. The third-order valence-electron chi connectivity index (χ3n) is 8.48. The molecule has 1 spiro atoms. The van der Waals surface area contributed by atoms with Crippen LogP contribution in [0.5, 0.6) is 0 Å². The van der Waals surface area contributed by atoms with Gasteiger partial charge in [0.25, 0.3) is 0 Å². The predicted molar refractivity (Wildman–Crippen MR) is 158 cm³/mol. The molecule has 8 atom stereocenters. The number of amides is 3. The molecule has 10 nitrogen and oxygen atoms in total. The summed E-state index contributed by atoms with van der Waals surface area (Å²) in [5, 5.41) is 13.0. The molecular formula is C30H46BrN3O7. The van der Waals surface area contributed by atoms with Crippen LogP contribution in [0.2, 0.25) is 0 Å². The van der Waals surface area contributed by atoms with Crippen LogP contribution >= 0.6 is 15.9 Å². The number of rotatable bonds is 17. The summed E-state index contributed by atoms with van der Waals surface area (Å²) < 4.78 is 12.3. The fraction of sp³-hybridized carbons (Fsp3) is 0.733. The molecule has 11 heteroatoms. The average Bonchev–Trinajstić information content (AvgIpc) is 3.54. The van der Waals surface area contributed by atoms with Gasteiger partial charge in [-0.2, -0.15) is 0 Å². The van der Waals surface area contributed by atoms with Crippen LogP contribution in [0.25, 0.3) is 0 Å². The number of halogens is 1. The van der Waals surface area contributed by atoms with Gasteiger partial charge >= 0.3 is 5.97 Å². The monoisotopic (exact) mass is 639 g/mol. The number of unbranched alkanes of at least 4 members (excludes halogenated alkanes) is 2. The van der Waals surface area contributed by atoms with Crippen molar-refractivity contribution in [3.05, 3.63) is 25.3 Å². The molecule has 3 fully saturated rings. The van der Waals surface area contributed by atoms with Crippen molar-refractivity contribution in [3.63, 3.8) is 0 Å². The van der Waals surface area contributed by atoms with Gasteiger partial charge in [-0.3, -0.25) is 19.2 Å². The zero-order valence-electron chi connectivity index (χ0n) is 24.6. The zero-order valence-corrected chi connectivity index (χ0v) is 26.1. The van der Waals surface area contributed by atoms with Crippen LogP contribution in [0.1, 0.15) is 65.7 Å². The predicted octanol–water partition coefficient (Wildman–Crippen LogP) is 2.72. The lowest BCUT2D eigenvalue weighted by Gasteiger charge is -2.39. The minimum Gasteiger partial charge on any atom is -0.460 e. The molecular weight excluding hydrogens is 594 g/mol. The number of hydrogen-bond acceptors (Lipinski definition) is 7. The molecule has 2 bridgehead atoms. The minimum absolute atomic E-state index is 0.130. The van der Waals surface area contributed by atoms with Crippen molar-refractivity contribution in [2.24, 2.45) is 11.8 Å².